The van der Waals surface area contributed by atoms with E-state index in [1.165, 1.54) is 36.0 Å². The summed E-state index contributed by atoms with van der Waals surface area (Å²) in [6, 6.07) is 6.81. The summed E-state index contributed by atoms with van der Waals surface area (Å²) in [6.45, 7) is 3.48. The summed E-state index contributed by atoms with van der Waals surface area (Å²) >= 11 is 0. The zero-order valence-corrected chi connectivity index (χ0v) is 17.1. The second-order valence-corrected chi connectivity index (χ2v) is 8.29. The molecule has 2 unspecified atom stereocenters. The van der Waals surface area contributed by atoms with Gasteiger partial charge in [-0.15, -0.1) is 0 Å². The summed E-state index contributed by atoms with van der Waals surface area (Å²) in [5.74, 6) is -0.805. The molecule has 0 spiro atoms. The van der Waals surface area contributed by atoms with Gasteiger partial charge in [0.05, 0.1) is 12.6 Å². The van der Waals surface area contributed by atoms with E-state index < -0.39 is 5.97 Å². The molecule has 1 aromatic carbocycles. The van der Waals surface area contributed by atoms with Crippen LogP contribution in [0.25, 0.3) is 0 Å². The van der Waals surface area contributed by atoms with Gasteiger partial charge in [0.25, 0.3) is 0 Å². The molecule has 1 fully saturated rings. The molecule has 3 rings (SSSR count). The highest BCUT2D eigenvalue weighted by atomic mass is 16.4. The van der Waals surface area contributed by atoms with Gasteiger partial charge in [-0.3, -0.25) is 9.69 Å². The Morgan fingerprint density at radius 2 is 1.93 bits per heavy atom. The number of nitrogens with one attached hydrogen (secondary N) is 1. The van der Waals surface area contributed by atoms with Crippen molar-refractivity contribution in [2.24, 2.45) is 0 Å². The second-order valence-electron chi connectivity index (χ2n) is 8.29. The topological polar surface area (TPSA) is 72.9 Å². The fourth-order valence-corrected chi connectivity index (χ4v) is 4.45. The standard InChI is InChI=1S/C22H33N3O3/c1-16(18-10-9-17-6-3-4-7-19(17)14-18)23-22(28)25-12-5-8-20(11-13-25)24(2)15-21(26)27/h9-10,14,16,20H,3-8,11-13,15H2,1-2H3,(H,23,28)(H,26,27). The Labute approximate surface area is 167 Å². The average Bonchev–Trinajstić information content (AvgIpc) is 2.93. The van der Waals surface area contributed by atoms with E-state index in [9.17, 15) is 9.59 Å². The van der Waals surface area contributed by atoms with E-state index in [4.69, 9.17) is 5.11 Å². The molecule has 2 amide bonds. The van der Waals surface area contributed by atoms with E-state index in [1.807, 2.05) is 23.8 Å². The third-order valence-electron chi connectivity index (χ3n) is 6.21. The SMILES string of the molecule is CC(NC(=O)N1CCCC(N(C)CC(=O)O)CC1)c1ccc2c(c1)CCCC2. The smallest absolute Gasteiger partial charge is 0.317 e. The Kier molecular flexibility index (Phi) is 6.94. The Hall–Kier alpha value is -2.08. The average molecular weight is 388 g/mol. The number of hydrogen-bond acceptors (Lipinski definition) is 3. The molecule has 0 aromatic heterocycles. The maximum atomic E-state index is 12.8. The lowest BCUT2D eigenvalue weighted by Crippen LogP contribution is -2.42. The van der Waals surface area contributed by atoms with Crippen LogP contribution in [0.5, 0.6) is 0 Å². The minimum Gasteiger partial charge on any atom is -0.480 e. The molecule has 1 aliphatic carbocycles. The molecule has 0 bridgehead atoms. The molecule has 1 aliphatic heterocycles. The normalized spacial score (nSPS) is 21.0. The number of carboxylic acid groups (broad SMARTS) is 1. The Morgan fingerprint density at radius 3 is 2.68 bits per heavy atom. The van der Waals surface area contributed by atoms with Gasteiger partial charge in [-0.1, -0.05) is 18.2 Å². The number of amides is 2. The van der Waals surface area contributed by atoms with Gasteiger partial charge < -0.3 is 15.3 Å². The van der Waals surface area contributed by atoms with E-state index in [0.29, 0.717) is 6.54 Å². The van der Waals surface area contributed by atoms with Crippen LogP contribution in [0, 0.1) is 0 Å². The number of likely N-dealkylation sites (N-methyl/N-ethyl adjacent to an activating group) is 1. The van der Waals surface area contributed by atoms with E-state index in [2.05, 4.69) is 23.5 Å². The highest BCUT2D eigenvalue weighted by molar-refractivity contribution is 5.74. The molecule has 0 radical (unpaired) electrons. The highest BCUT2D eigenvalue weighted by Crippen LogP contribution is 2.25. The number of aliphatic carboxylic acids is 1. The zero-order valence-electron chi connectivity index (χ0n) is 17.1. The minimum absolute atomic E-state index is 0.0199. The van der Waals surface area contributed by atoms with Crippen molar-refractivity contribution < 1.29 is 14.7 Å². The molecular weight excluding hydrogens is 354 g/mol. The van der Waals surface area contributed by atoms with Crippen molar-refractivity contribution in [1.29, 1.82) is 0 Å². The first-order valence-electron chi connectivity index (χ1n) is 10.5. The van der Waals surface area contributed by atoms with Crippen LogP contribution < -0.4 is 5.32 Å². The number of carbonyl (C=O) groups is 2. The lowest BCUT2D eigenvalue weighted by molar-refractivity contribution is -0.138. The van der Waals surface area contributed by atoms with Gasteiger partial charge in [0.15, 0.2) is 0 Å². The molecule has 154 valence electrons. The molecular formula is C22H33N3O3. The Bertz CT molecular complexity index is 706. The predicted molar refractivity (Wildman–Crippen MR) is 110 cm³/mol. The second kappa shape index (κ2) is 9.41. The molecule has 2 N–H and O–H groups in total. The fraction of sp³-hybridized carbons (Fsp3) is 0.636. The van der Waals surface area contributed by atoms with Crippen molar-refractivity contribution in [1.82, 2.24) is 15.1 Å². The van der Waals surface area contributed by atoms with Crippen LogP contribution in [0.2, 0.25) is 0 Å². The van der Waals surface area contributed by atoms with Crippen LogP contribution in [0.3, 0.4) is 0 Å². The monoisotopic (exact) mass is 387 g/mol. The summed E-state index contributed by atoms with van der Waals surface area (Å²) in [6.07, 6.45) is 7.47. The summed E-state index contributed by atoms with van der Waals surface area (Å²) in [4.78, 5) is 27.5. The third kappa shape index (κ3) is 5.25. The van der Waals surface area contributed by atoms with Crippen molar-refractivity contribution in [2.45, 2.75) is 64.0 Å². The number of fused-ring (bicyclic) bond motifs is 1. The number of aryl methyl sites for hydroxylation is 2. The first-order valence-corrected chi connectivity index (χ1v) is 10.5. The van der Waals surface area contributed by atoms with E-state index in [0.717, 1.165) is 32.2 Å². The molecule has 2 atom stereocenters. The Morgan fingerprint density at radius 1 is 1.18 bits per heavy atom. The van der Waals surface area contributed by atoms with Crippen molar-refractivity contribution >= 4 is 12.0 Å². The van der Waals surface area contributed by atoms with E-state index >= 15 is 0 Å². The van der Waals surface area contributed by atoms with E-state index in [-0.39, 0.29) is 24.7 Å². The highest BCUT2D eigenvalue weighted by Gasteiger charge is 2.25. The van der Waals surface area contributed by atoms with Crippen LogP contribution in [0.1, 0.15) is 61.8 Å². The van der Waals surface area contributed by atoms with Crippen LogP contribution in [-0.2, 0) is 17.6 Å². The van der Waals surface area contributed by atoms with Gasteiger partial charge in [-0.25, -0.2) is 4.79 Å². The van der Waals surface area contributed by atoms with Gasteiger partial charge >= 0.3 is 12.0 Å². The van der Waals surface area contributed by atoms with Crippen molar-refractivity contribution in [3.63, 3.8) is 0 Å². The third-order valence-corrected chi connectivity index (χ3v) is 6.21. The summed E-state index contributed by atoms with van der Waals surface area (Å²) in [5.41, 5.74) is 4.06. The lowest BCUT2D eigenvalue weighted by atomic mass is 9.89. The van der Waals surface area contributed by atoms with Gasteiger partial charge in [0.2, 0.25) is 0 Å². The molecule has 0 saturated carbocycles. The first-order chi connectivity index (χ1) is 13.4. The quantitative estimate of drug-likeness (QED) is 0.814. The summed E-state index contributed by atoms with van der Waals surface area (Å²) in [5, 5.41) is 12.1. The minimum atomic E-state index is -0.805. The number of hydrogen-bond donors (Lipinski definition) is 2. The van der Waals surface area contributed by atoms with E-state index in [1.54, 1.807) is 0 Å². The van der Waals surface area contributed by atoms with Crippen LogP contribution in [-0.4, -0.2) is 59.6 Å². The van der Waals surface area contributed by atoms with Crippen LogP contribution in [0.15, 0.2) is 18.2 Å². The Balaban J connectivity index is 1.55. The number of urea groups is 1. The largest absolute Gasteiger partial charge is 0.480 e. The predicted octanol–water partition coefficient (Wildman–Crippen LogP) is 3.21. The van der Waals surface area contributed by atoms with Crippen molar-refractivity contribution in [3.05, 3.63) is 34.9 Å². The van der Waals surface area contributed by atoms with Crippen molar-refractivity contribution in [2.75, 3.05) is 26.7 Å². The maximum absolute atomic E-state index is 12.8. The molecule has 6 nitrogen and oxygen atoms in total. The summed E-state index contributed by atoms with van der Waals surface area (Å²) < 4.78 is 0. The number of likely N-dealkylation sites (tertiary alicyclic amines) is 1. The number of carboxylic acids is 1. The molecule has 2 aliphatic rings. The zero-order chi connectivity index (χ0) is 20.1. The molecule has 28 heavy (non-hydrogen) atoms. The maximum Gasteiger partial charge on any atom is 0.317 e. The molecule has 6 heteroatoms. The summed E-state index contributed by atoms with van der Waals surface area (Å²) in [7, 11) is 1.85. The number of rotatable bonds is 5. The van der Waals surface area contributed by atoms with Gasteiger partial charge in [-0.2, -0.15) is 0 Å². The van der Waals surface area contributed by atoms with Gasteiger partial charge in [0.1, 0.15) is 0 Å². The van der Waals surface area contributed by atoms with Gasteiger partial charge in [-0.05, 0) is 75.6 Å². The first kappa shape index (κ1) is 20.6. The van der Waals surface area contributed by atoms with Gasteiger partial charge in [0, 0.05) is 19.1 Å². The fourth-order valence-electron chi connectivity index (χ4n) is 4.45. The number of nitrogens with zero attached hydrogens (tertiary/aromatic N) is 2. The molecule has 1 heterocycles. The van der Waals surface area contributed by atoms with Crippen LogP contribution >= 0.6 is 0 Å². The number of benzene rings is 1. The molecule has 1 saturated heterocycles. The number of carbonyl (C=O) groups excluding carboxylic acids is 1. The van der Waals surface area contributed by atoms with Crippen LogP contribution in [0.4, 0.5) is 4.79 Å². The molecule has 1 aromatic rings. The van der Waals surface area contributed by atoms with Crippen molar-refractivity contribution in [3.8, 4) is 0 Å². The lowest BCUT2D eigenvalue weighted by Gasteiger charge is -2.26.